The van der Waals surface area contributed by atoms with Gasteiger partial charge in [0.1, 0.15) is 0 Å². The molecule has 26 heavy (non-hydrogen) atoms. The second kappa shape index (κ2) is 8.41. The predicted octanol–water partition coefficient (Wildman–Crippen LogP) is 4.05. The number of carbonyl (C=O) groups is 2. The van der Waals surface area contributed by atoms with Crippen molar-refractivity contribution in [3.05, 3.63) is 59.0 Å². The van der Waals surface area contributed by atoms with E-state index in [0.29, 0.717) is 36.7 Å². The van der Waals surface area contributed by atoms with Crippen molar-refractivity contribution in [2.45, 2.75) is 32.2 Å². The molecular weight excluding hydrogens is 352 g/mol. The first-order valence-corrected chi connectivity index (χ1v) is 9.35. The van der Waals surface area contributed by atoms with E-state index in [1.54, 1.807) is 17.0 Å². The number of piperidine rings is 1. The van der Waals surface area contributed by atoms with E-state index >= 15 is 0 Å². The van der Waals surface area contributed by atoms with E-state index in [1.165, 1.54) is 6.26 Å². The van der Waals surface area contributed by atoms with Gasteiger partial charge in [0.25, 0.3) is 5.91 Å². The molecule has 1 saturated heterocycles. The van der Waals surface area contributed by atoms with Crippen LogP contribution < -0.4 is 5.32 Å². The smallest absolute Gasteiger partial charge is 0.289 e. The van der Waals surface area contributed by atoms with Crippen LogP contribution in [0.25, 0.3) is 0 Å². The van der Waals surface area contributed by atoms with Crippen LogP contribution in [0.15, 0.2) is 47.1 Å². The summed E-state index contributed by atoms with van der Waals surface area (Å²) in [4.78, 5) is 26.7. The van der Waals surface area contributed by atoms with E-state index in [0.717, 1.165) is 12.0 Å². The van der Waals surface area contributed by atoms with Gasteiger partial charge in [0.2, 0.25) is 5.91 Å². The average molecular weight is 375 g/mol. The lowest BCUT2D eigenvalue weighted by Crippen LogP contribution is -2.43. The summed E-state index contributed by atoms with van der Waals surface area (Å²) < 4.78 is 5.17. The third-order valence-corrected chi connectivity index (χ3v) is 5.13. The van der Waals surface area contributed by atoms with E-state index < -0.39 is 0 Å². The van der Waals surface area contributed by atoms with Crippen LogP contribution in [0.1, 0.15) is 48.3 Å². The number of likely N-dealkylation sites (tertiary alicyclic amines) is 1. The Balaban J connectivity index is 1.54. The number of nitrogens with zero attached hydrogens (tertiary/aromatic N) is 1. The summed E-state index contributed by atoms with van der Waals surface area (Å²) in [6.45, 7) is 3.18. The van der Waals surface area contributed by atoms with Crippen LogP contribution in [0.3, 0.4) is 0 Å². The van der Waals surface area contributed by atoms with Crippen LogP contribution in [0.4, 0.5) is 0 Å². The van der Waals surface area contributed by atoms with E-state index in [4.69, 9.17) is 16.0 Å². The average Bonchev–Trinajstić information content (AvgIpc) is 3.21. The topological polar surface area (TPSA) is 62.6 Å². The molecule has 2 aromatic rings. The van der Waals surface area contributed by atoms with Gasteiger partial charge in [-0.05, 0) is 49.1 Å². The summed E-state index contributed by atoms with van der Waals surface area (Å²) in [6, 6.07) is 10.9. The molecule has 0 spiro atoms. The standard InChI is InChI=1S/C20H23ClN2O3/c1-2-17(14-5-7-16(21)8-6-14)22-19(24)15-9-11-23(12-10-15)20(25)18-4-3-13-26-18/h3-8,13,15,17H,2,9-12H2,1H3,(H,22,24)/t17-/m1/s1. The summed E-state index contributed by atoms with van der Waals surface area (Å²) in [5, 5.41) is 3.82. The van der Waals surface area contributed by atoms with Crippen LogP contribution in [0.2, 0.25) is 5.02 Å². The Bertz CT molecular complexity index is 735. The molecule has 2 heterocycles. The maximum Gasteiger partial charge on any atom is 0.289 e. The van der Waals surface area contributed by atoms with Crippen molar-refractivity contribution in [2.75, 3.05) is 13.1 Å². The monoisotopic (exact) mass is 374 g/mol. The largest absolute Gasteiger partial charge is 0.459 e. The summed E-state index contributed by atoms with van der Waals surface area (Å²) in [7, 11) is 0. The summed E-state index contributed by atoms with van der Waals surface area (Å²) in [5.74, 6) is 0.219. The number of furan rings is 1. The fourth-order valence-electron chi connectivity index (χ4n) is 3.31. The van der Waals surface area contributed by atoms with Crippen molar-refractivity contribution < 1.29 is 14.0 Å². The molecule has 0 bridgehead atoms. The highest BCUT2D eigenvalue weighted by molar-refractivity contribution is 6.30. The van der Waals surface area contributed by atoms with Gasteiger partial charge in [-0.1, -0.05) is 30.7 Å². The first-order chi connectivity index (χ1) is 12.6. The highest BCUT2D eigenvalue weighted by Gasteiger charge is 2.29. The van der Waals surface area contributed by atoms with Gasteiger partial charge in [-0.25, -0.2) is 0 Å². The second-order valence-corrected chi connectivity index (χ2v) is 7.00. The number of rotatable bonds is 5. The Hall–Kier alpha value is -2.27. The highest BCUT2D eigenvalue weighted by Crippen LogP contribution is 2.23. The number of benzene rings is 1. The van der Waals surface area contributed by atoms with Crippen LogP contribution in [0.5, 0.6) is 0 Å². The molecule has 1 N–H and O–H groups in total. The summed E-state index contributed by atoms with van der Waals surface area (Å²) in [5.41, 5.74) is 1.05. The Labute approximate surface area is 158 Å². The first kappa shape index (κ1) is 18.5. The molecule has 2 amide bonds. The van der Waals surface area contributed by atoms with Crippen molar-refractivity contribution >= 4 is 23.4 Å². The minimum absolute atomic E-state index is 0.0254. The number of nitrogens with one attached hydrogen (secondary N) is 1. The van der Waals surface area contributed by atoms with Gasteiger partial charge in [-0.2, -0.15) is 0 Å². The third-order valence-electron chi connectivity index (χ3n) is 4.88. The van der Waals surface area contributed by atoms with E-state index in [-0.39, 0.29) is 23.8 Å². The molecule has 1 aliphatic heterocycles. The second-order valence-electron chi connectivity index (χ2n) is 6.56. The van der Waals surface area contributed by atoms with E-state index in [2.05, 4.69) is 5.32 Å². The predicted molar refractivity (Wildman–Crippen MR) is 100.0 cm³/mol. The molecular formula is C20H23ClN2O3. The Morgan fingerprint density at radius 3 is 2.50 bits per heavy atom. The van der Waals surface area contributed by atoms with Gasteiger partial charge in [0.05, 0.1) is 12.3 Å². The first-order valence-electron chi connectivity index (χ1n) is 8.97. The van der Waals surface area contributed by atoms with E-state index in [9.17, 15) is 9.59 Å². The number of carbonyl (C=O) groups excluding carboxylic acids is 2. The Kier molecular flexibility index (Phi) is 5.99. The third kappa shape index (κ3) is 4.28. The number of halogens is 1. The number of hydrogen-bond acceptors (Lipinski definition) is 3. The molecule has 0 aliphatic carbocycles. The fraction of sp³-hybridized carbons (Fsp3) is 0.400. The normalized spacial score (nSPS) is 16.3. The lowest BCUT2D eigenvalue weighted by Gasteiger charge is -2.31. The van der Waals surface area contributed by atoms with Crippen molar-refractivity contribution in [1.29, 1.82) is 0 Å². The lowest BCUT2D eigenvalue weighted by molar-refractivity contribution is -0.127. The number of hydrogen-bond donors (Lipinski definition) is 1. The Morgan fingerprint density at radius 1 is 1.23 bits per heavy atom. The zero-order valence-electron chi connectivity index (χ0n) is 14.8. The van der Waals surface area contributed by atoms with Crippen LogP contribution in [0, 0.1) is 5.92 Å². The Morgan fingerprint density at radius 2 is 1.92 bits per heavy atom. The van der Waals surface area contributed by atoms with Crippen LogP contribution in [-0.4, -0.2) is 29.8 Å². The molecule has 1 fully saturated rings. The summed E-state index contributed by atoms with van der Waals surface area (Å²) >= 11 is 5.94. The van der Waals surface area contributed by atoms with Gasteiger partial charge in [-0.15, -0.1) is 0 Å². The molecule has 1 aromatic heterocycles. The van der Waals surface area contributed by atoms with Gasteiger partial charge < -0.3 is 14.6 Å². The van der Waals surface area contributed by atoms with Gasteiger partial charge in [0.15, 0.2) is 5.76 Å². The molecule has 5 nitrogen and oxygen atoms in total. The van der Waals surface area contributed by atoms with Crippen LogP contribution in [-0.2, 0) is 4.79 Å². The molecule has 0 saturated carbocycles. The molecule has 3 rings (SSSR count). The zero-order chi connectivity index (χ0) is 18.5. The molecule has 0 unspecified atom stereocenters. The van der Waals surface area contributed by atoms with Gasteiger partial charge >= 0.3 is 0 Å². The molecule has 1 atom stereocenters. The van der Waals surface area contributed by atoms with Crippen molar-refractivity contribution in [3.8, 4) is 0 Å². The van der Waals surface area contributed by atoms with Crippen molar-refractivity contribution in [1.82, 2.24) is 10.2 Å². The minimum Gasteiger partial charge on any atom is -0.459 e. The van der Waals surface area contributed by atoms with Gasteiger partial charge in [0, 0.05) is 24.0 Å². The summed E-state index contributed by atoms with van der Waals surface area (Å²) in [6.07, 6.45) is 3.63. The maximum atomic E-state index is 12.7. The number of amides is 2. The minimum atomic E-state index is -0.110. The van der Waals surface area contributed by atoms with Crippen LogP contribution >= 0.6 is 11.6 Å². The molecule has 6 heteroatoms. The van der Waals surface area contributed by atoms with Gasteiger partial charge in [-0.3, -0.25) is 9.59 Å². The molecule has 0 radical (unpaired) electrons. The maximum absolute atomic E-state index is 12.7. The SMILES string of the molecule is CC[C@@H](NC(=O)C1CCN(C(=O)c2ccco2)CC1)c1ccc(Cl)cc1. The lowest BCUT2D eigenvalue weighted by atomic mass is 9.94. The molecule has 1 aromatic carbocycles. The van der Waals surface area contributed by atoms with Crippen molar-refractivity contribution in [3.63, 3.8) is 0 Å². The fourth-order valence-corrected chi connectivity index (χ4v) is 3.43. The van der Waals surface area contributed by atoms with E-state index in [1.807, 2.05) is 31.2 Å². The zero-order valence-corrected chi connectivity index (χ0v) is 15.5. The van der Waals surface area contributed by atoms with Crippen molar-refractivity contribution in [2.24, 2.45) is 5.92 Å². The molecule has 1 aliphatic rings. The highest BCUT2D eigenvalue weighted by atomic mass is 35.5. The molecule has 138 valence electrons. The quantitative estimate of drug-likeness (QED) is 0.858.